The summed E-state index contributed by atoms with van der Waals surface area (Å²) in [5.41, 5.74) is 3.84. The quantitative estimate of drug-likeness (QED) is 0.488. The SMILES string of the molecule is NNC(=O)c1ccc(OCCc2ccccc2)cc1. The zero-order chi connectivity index (χ0) is 13.5. The van der Waals surface area contributed by atoms with Crippen LogP contribution in [0.15, 0.2) is 54.6 Å². The van der Waals surface area contributed by atoms with Crippen molar-refractivity contribution in [2.45, 2.75) is 6.42 Å². The second-order valence-electron chi connectivity index (χ2n) is 4.08. The predicted octanol–water partition coefficient (Wildman–Crippen LogP) is 1.91. The summed E-state index contributed by atoms with van der Waals surface area (Å²) in [6.07, 6.45) is 0.853. The van der Waals surface area contributed by atoms with Crippen molar-refractivity contribution < 1.29 is 9.53 Å². The van der Waals surface area contributed by atoms with Gasteiger partial charge < -0.3 is 4.74 Å². The summed E-state index contributed by atoms with van der Waals surface area (Å²) in [5, 5.41) is 0. The van der Waals surface area contributed by atoms with Crippen LogP contribution in [-0.2, 0) is 6.42 Å². The average Bonchev–Trinajstić information content (AvgIpc) is 2.48. The fraction of sp³-hybridized carbons (Fsp3) is 0.133. The Hall–Kier alpha value is -2.33. The van der Waals surface area contributed by atoms with Crippen molar-refractivity contribution in [3.05, 3.63) is 65.7 Å². The molecule has 2 rings (SSSR count). The van der Waals surface area contributed by atoms with Crippen LogP contribution in [0.1, 0.15) is 15.9 Å². The topological polar surface area (TPSA) is 64.3 Å². The van der Waals surface area contributed by atoms with E-state index in [1.165, 1.54) is 5.56 Å². The lowest BCUT2D eigenvalue weighted by Gasteiger charge is -2.07. The monoisotopic (exact) mass is 256 g/mol. The molecule has 0 radical (unpaired) electrons. The maximum Gasteiger partial charge on any atom is 0.265 e. The van der Waals surface area contributed by atoms with E-state index in [0.29, 0.717) is 12.2 Å². The predicted molar refractivity (Wildman–Crippen MR) is 73.7 cm³/mol. The van der Waals surface area contributed by atoms with E-state index in [-0.39, 0.29) is 5.91 Å². The molecule has 0 saturated heterocycles. The number of hydrogen-bond acceptors (Lipinski definition) is 3. The number of hydrazine groups is 1. The molecule has 0 aliphatic heterocycles. The maximum atomic E-state index is 11.2. The van der Waals surface area contributed by atoms with E-state index in [9.17, 15) is 4.79 Å². The van der Waals surface area contributed by atoms with Crippen molar-refractivity contribution in [1.29, 1.82) is 0 Å². The molecule has 0 bridgehead atoms. The van der Waals surface area contributed by atoms with Crippen molar-refractivity contribution >= 4 is 5.91 Å². The van der Waals surface area contributed by atoms with Gasteiger partial charge in [0.2, 0.25) is 0 Å². The number of carbonyl (C=O) groups excluding carboxylic acids is 1. The summed E-state index contributed by atoms with van der Waals surface area (Å²) in [6, 6.07) is 17.0. The molecule has 0 saturated carbocycles. The molecular formula is C15H16N2O2. The van der Waals surface area contributed by atoms with E-state index in [1.54, 1.807) is 24.3 Å². The molecule has 3 N–H and O–H groups in total. The lowest BCUT2D eigenvalue weighted by atomic mass is 10.2. The fourth-order valence-corrected chi connectivity index (χ4v) is 1.72. The normalized spacial score (nSPS) is 9.95. The second kappa shape index (κ2) is 6.56. The minimum Gasteiger partial charge on any atom is -0.493 e. The first-order valence-corrected chi connectivity index (χ1v) is 6.07. The number of carbonyl (C=O) groups is 1. The molecule has 0 spiro atoms. The average molecular weight is 256 g/mol. The Morgan fingerprint density at radius 1 is 1.05 bits per heavy atom. The Morgan fingerprint density at radius 3 is 2.37 bits per heavy atom. The van der Waals surface area contributed by atoms with Gasteiger partial charge in [-0.05, 0) is 29.8 Å². The Kier molecular flexibility index (Phi) is 4.53. The molecule has 0 aromatic heterocycles. The first kappa shape index (κ1) is 13.1. The van der Waals surface area contributed by atoms with Gasteiger partial charge in [-0.25, -0.2) is 5.84 Å². The van der Waals surface area contributed by atoms with Crippen LogP contribution in [0.25, 0.3) is 0 Å². The van der Waals surface area contributed by atoms with Gasteiger partial charge in [0.1, 0.15) is 5.75 Å². The van der Waals surface area contributed by atoms with Gasteiger partial charge in [0.15, 0.2) is 0 Å². The fourth-order valence-electron chi connectivity index (χ4n) is 1.72. The van der Waals surface area contributed by atoms with Crippen molar-refractivity contribution in [3.63, 3.8) is 0 Å². The summed E-state index contributed by atoms with van der Waals surface area (Å²) in [6.45, 7) is 0.604. The number of ether oxygens (including phenoxy) is 1. The van der Waals surface area contributed by atoms with Crippen molar-refractivity contribution in [3.8, 4) is 5.75 Å². The summed E-state index contributed by atoms with van der Waals surface area (Å²) < 4.78 is 5.62. The van der Waals surface area contributed by atoms with Crippen LogP contribution < -0.4 is 16.0 Å². The summed E-state index contributed by atoms with van der Waals surface area (Å²) in [7, 11) is 0. The van der Waals surface area contributed by atoms with Gasteiger partial charge >= 0.3 is 0 Å². The molecule has 0 aliphatic rings. The minimum atomic E-state index is -0.309. The number of nitrogens with one attached hydrogen (secondary N) is 1. The number of hydrogen-bond donors (Lipinski definition) is 2. The lowest BCUT2D eigenvalue weighted by Crippen LogP contribution is -2.29. The maximum absolute atomic E-state index is 11.2. The van der Waals surface area contributed by atoms with E-state index in [0.717, 1.165) is 12.2 Å². The highest BCUT2D eigenvalue weighted by atomic mass is 16.5. The lowest BCUT2D eigenvalue weighted by molar-refractivity contribution is 0.0953. The molecule has 2 aromatic carbocycles. The van der Waals surface area contributed by atoms with E-state index >= 15 is 0 Å². The summed E-state index contributed by atoms with van der Waals surface area (Å²) in [5.74, 6) is 5.49. The highest BCUT2D eigenvalue weighted by Gasteiger charge is 2.02. The summed E-state index contributed by atoms with van der Waals surface area (Å²) >= 11 is 0. The molecule has 0 unspecified atom stereocenters. The molecule has 4 heteroatoms. The molecule has 0 atom stereocenters. The van der Waals surface area contributed by atoms with Crippen LogP contribution in [0.2, 0.25) is 0 Å². The van der Waals surface area contributed by atoms with Crippen molar-refractivity contribution in [2.24, 2.45) is 5.84 Å². The first-order valence-electron chi connectivity index (χ1n) is 6.07. The number of nitrogens with two attached hydrogens (primary N) is 1. The molecule has 19 heavy (non-hydrogen) atoms. The minimum absolute atomic E-state index is 0.309. The Bertz CT molecular complexity index is 524. The van der Waals surface area contributed by atoms with Crippen LogP contribution in [0.4, 0.5) is 0 Å². The number of nitrogen functional groups attached to an aromatic ring is 1. The van der Waals surface area contributed by atoms with Crippen LogP contribution >= 0.6 is 0 Å². The Morgan fingerprint density at radius 2 is 1.74 bits per heavy atom. The largest absolute Gasteiger partial charge is 0.493 e. The van der Waals surface area contributed by atoms with Gasteiger partial charge in [0.25, 0.3) is 5.91 Å². The van der Waals surface area contributed by atoms with E-state index in [4.69, 9.17) is 10.6 Å². The van der Waals surface area contributed by atoms with Crippen LogP contribution in [0.5, 0.6) is 5.75 Å². The van der Waals surface area contributed by atoms with Gasteiger partial charge in [0.05, 0.1) is 6.61 Å². The van der Waals surface area contributed by atoms with E-state index < -0.39 is 0 Å². The van der Waals surface area contributed by atoms with Crippen molar-refractivity contribution in [2.75, 3.05) is 6.61 Å². The van der Waals surface area contributed by atoms with Gasteiger partial charge in [-0.1, -0.05) is 30.3 Å². The van der Waals surface area contributed by atoms with Crippen LogP contribution in [0, 0.1) is 0 Å². The van der Waals surface area contributed by atoms with Crippen LogP contribution in [0.3, 0.4) is 0 Å². The van der Waals surface area contributed by atoms with Crippen LogP contribution in [-0.4, -0.2) is 12.5 Å². The third-order valence-corrected chi connectivity index (χ3v) is 2.75. The van der Waals surface area contributed by atoms with E-state index in [2.05, 4.69) is 17.6 Å². The second-order valence-corrected chi connectivity index (χ2v) is 4.08. The molecule has 0 aliphatic carbocycles. The third-order valence-electron chi connectivity index (χ3n) is 2.75. The molecule has 98 valence electrons. The van der Waals surface area contributed by atoms with Gasteiger partial charge in [-0.3, -0.25) is 10.2 Å². The zero-order valence-electron chi connectivity index (χ0n) is 10.5. The number of benzene rings is 2. The van der Waals surface area contributed by atoms with Gasteiger partial charge in [0, 0.05) is 12.0 Å². The highest BCUT2D eigenvalue weighted by Crippen LogP contribution is 2.12. The molecular weight excluding hydrogens is 240 g/mol. The zero-order valence-corrected chi connectivity index (χ0v) is 10.5. The molecule has 1 amide bonds. The van der Waals surface area contributed by atoms with E-state index in [1.807, 2.05) is 18.2 Å². The van der Waals surface area contributed by atoms with Gasteiger partial charge in [-0.15, -0.1) is 0 Å². The number of amides is 1. The standard InChI is InChI=1S/C15H16N2O2/c16-17-15(18)13-6-8-14(9-7-13)19-11-10-12-4-2-1-3-5-12/h1-9H,10-11,16H2,(H,17,18). The molecule has 4 nitrogen and oxygen atoms in total. The third kappa shape index (κ3) is 3.82. The van der Waals surface area contributed by atoms with Gasteiger partial charge in [-0.2, -0.15) is 0 Å². The molecule has 0 fully saturated rings. The molecule has 0 heterocycles. The summed E-state index contributed by atoms with van der Waals surface area (Å²) in [4.78, 5) is 11.2. The Balaban J connectivity index is 1.85. The first-order chi connectivity index (χ1) is 9.29. The number of rotatable bonds is 5. The van der Waals surface area contributed by atoms with Crippen molar-refractivity contribution in [1.82, 2.24) is 5.43 Å². The highest BCUT2D eigenvalue weighted by molar-refractivity contribution is 5.93. The Labute approximate surface area is 112 Å². The smallest absolute Gasteiger partial charge is 0.265 e. The molecule has 2 aromatic rings.